The quantitative estimate of drug-likeness (QED) is 0.886. The van der Waals surface area contributed by atoms with E-state index in [4.69, 9.17) is 21.1 Å². The largest absolute Gasteiger partial charge is 0.481 e. The minimum atomic E-state index is 0.463. The average molecular weight is 359 g/mol. The first-order valence-corrected chi connectivity index (χ1v) is 6.93. The van der Waals surface area contributed by atoms with Gasteiger partial charge >= 0.3 is 0 Å². The lowest BCUT2D eigenvalue weighted by Crippen LogP contribution is -2.06. The van der Waals surface area contributed by atoms with Crippen molar-refractivity contribution in [3.63, 3.8) is 0 Å². The molecule has 0 saturated carbocycles. The van der Waals surface area contributed by atoms with Crippen LogP contribution in [0.2, 0.25) is 5.02 Å². The van der Waals surface area contributed by atoms with Gasteiger partial charge in [-0.1, -0.05) is 11.6 Å². The van der Waals surface area contributed by atoms with Crippen LogP contribution in [0.5, 0.6) is 11.8 Å². The molecule has 0 aliphatic rings. The highest BCUT2D eigenvalue weighted by atomic mass is 79.9. The van der Waals surface area contributed by atoms with E-state index in [0.717, 1.165) is 15.7 Å². The topological polar surface area (TPSA) is 56.3 Å². The normalized spacial score (nSPS) is 10.2. The molecule has 0 amide bonds. The fraction of sp³-hybridized carbons (Fsp3) is 0.231. The van der Waals surface area contributed by atoms with Gasteiger partial charge < -0.3 is 14.8 Å². The lowest BCUT2D eigenvalue weighted by molar-refractivity contribution is 0.363. The third kappa shape index (κ3) is 3.32. The highest BCUT2D eigenvalue weighted by Gasteiger charge is 2.12. The highest BCUT2D eigenvalue weighted by Crippen LogP contribution is 2.28. The van der Waals surface area contributed by atoms with Gasteiger partial charge in [0.05, 0.1) is 31.4 Å². The number of benzene rings is 1. The molecule has 20 heavy (non-hydrogen) atoms. The molecular weight excluding hydrogens is 346 g/mol. The van der Waals surface area contributed by atoms with Gasteiger partial charge in [-0.05, 0) is 34.1 Å². The number of ether oxygens (including phenoxy) is 2. The van der Waals surface area contributed by atoms with Crippen LogP contribution < -0.4 is 14.8 Å². The van der Waals surface area contributed by atoms with Gasteiger partial charge in [0.15, 0.2) is 0 Å². The number of methoxy groups -OCH3 is 2. The van der Waals surface area contributed by atoms with Gasteiger partial charge in [0.1, 0.15) is 6.33 Å². The molecule has 2 aromatic rings. The summed E-state index contributed by atoms with van der Waals surface area (Å²) in [6.45, 7) is 0.463. The Morgan fingerprint density at radius 1 is 1.20 bits per heavy atom. The fourth-order valence-corrected chi connectivity index (χ4v) is 2.11. The molecule has 1 aromatic carbocycles. The summed E-state index contributed by atoms with van der Waals surface area (Å²) in [5.74, 6) is 0.958. The summed E-state index contributed by atoms with van der Waals surface area (Å²) >= 11 is 9.40. The number of anilines is 1. The summed E-state index contributed by atoms with van der Waals surface area (Å²) in [5.41, 5.74) is 1.63. The Kier molecular flexibility index (Phi) is 5.03. The number of hydrogen-bond acceptors (Lipinski definition) is 5. The van der Waals surface area contributed by atoms with Crippen molar-refractivity contribution in [1.82, 2.24) is 9.97 Å². The molecule has 0 atom stereocenters. The van der Waals surface area contributed by atoms with Gasteiger partial charge in [0.25, 0.3) is 0 Å². The van der Waals surface area contributed by atoms with Crippen LogP contribution in [0.3, 0.4) is 0 Å². The van der Waals surface area contributed by atoms with Crippen LogP contribution in [-0.4, -0.2) is 24.2 Å². The van der Waals surface area contributed by atoms with E-state index in [0.29, 0.717) is 23.3 Å². The molecule has 2 rings (SSSR count). The van der Waals surface area contributed by atoms with Crippen molar-refractivity contribution >= 4 is 33.2 Å². The molecule has 0 aliphatic carbocycles. The molecule has 0 spiro atoms. The number of halogens is 2. The molecule has 1 N–H and O–H groups in total. The van der Waals surface area contributed by atoms with E-state index in [-0.39, 0.29) is 0 Å². The second-order valence-electron chi connectivity index (χ2n) is 3.85. The Balaban J connectivity index is 2.19. The first-order chi connectivity index (χ1) is 9.65. The third-order valence-electron chi connectivity index (χ3n) is 2.64. The Bertz CT molecular complexity index is 588. The lowest BCUT2D eigenvalue weighted by atomic mass is 10.2. The Hall–Kier alpha value is -1.53. The molecule has 0 fully saturated rings. The van der Waals surface area contributed by atoms with E-state index in [1.54, 1.807) is 14.2 Å². The van der Waals surface area contributed by atoms with Crippen LogP contribution >= 0.6 is 27.5 Å². The van der Waals surface area contributed by atoms with Crippen molar-refractivity contribution in [2.45, 2.75) is 6.54 Å². The van der Waals surface area contributed by atoms with Crippen molar-refractivity contribution in [1.29, 1.82) is 0 Å². The van der Waals surface area contributed by atoms with E-state index < -0.39 is 0 Å². The third-order valence-corrected chi connectivity index (χ3v) is 3.87. The van der Waals surface area contributed by atoms with Gasteiger partial charge in [-0.25, -0.2) is 9.97 Å². The van der Waals surface area contributed by atoms with E-state index in [1.807, 2.05) is 18.2 Å². The number of nitrogens with one attached hydrogen (secondary N) is 1. The minimum absolute atomic E-state index is 0.463. The van der Waals surface area contributed by atoms with Crippen molar-refractivity contribution in [2.24, 2.45) is 0 Å². The zero-order valence-electron chi connectivity index (χ0n) is 11.0. The zero-order chi connectivity index (χ0) is 14.5. The second-order valence-corrected chi connectivity index (χ2v) is 5.11. The Labute approximate surface area is 130 Å². The van der Waals surface area contributed by atoms with Crippen molar-refractivity contribution < 1.29 is 9.47 Å². The van der Waals surface area contributed by atoms with Crippen LogP contribution in [0.1, 0.15) is 5.56 Å². The van der Waals surface area contributed by atoms with Crippen molar-refractivity contribution in [3.8, 4) is 11.8 Å². The maximum Gasteiger partial charge on any atom is 0.225 e. The maximum absolute atomic E-state index is 6.05. The molecule has 0 unspecified atom stereocenters. The summed E-state index contributed by atoms with van der Waals surface area (Å²) < 4.78 is 11.3. The first-order valence-electron chi connectivity index (χ1n) is 5.76. The monoisotopic (exact) mass is 357 g/mol. The van der Waals surface area contributed by atoms with Gasteiger partial charge in [-0.2, -0.15) is 0 Å². The standard InChI is InChI=1S/C13H13BrClN3O2/c1-19-12-9(13(20-2)18-7-17-12)6-16-8-3-4-10(14)11(15)5-8/h3-5,7,16H,6H2,1-2H3. The summed E-state index contributed by atoms with van der Waals surface area (Å²) in [6, 6.07) is 5.62. The molecule has 106 valence electrons. The number of rotatable bonds is 5. The molecule has 0 bridgehead atoms. The molecule has 5 nitrogen and oxygen atoms in total. The molecule has 1 heterocycles. The zero-order valence-corrected chi connectivity index (χ0v) is 13.3. The second kappa shape index (κ2) is 6.76. The summed E-state index contributed by atoms with van der Waals surface area (Å²) in [4.78, 5) is 8.13. The molecule has 1 aromatic heterocycles. The number of nitrogens with zero attached hydrogens (tertiary/aromatic N) is 2. The van der Waals surface area contributed by atoms with Crippen molar-refractivity contribution in [2.75, 3.05) is 19.5 Å². The van der Waals surface area contributed by atoms with E-state index in [2.05, 4.69) is 31.2 Å². The van der Waals surface area contributed by atoms with Crippen LogP contribution in [0.4, 0.5) is 5.69 Å². The SMILES string of the molecule is COc1ncnc(OC)c1CNc1ccc(Br)c(Cl)c1. The molecule has 0 radical (unpaired) electrons. The van der Waals surface area contributed by atoms with E-state index in [9.17, 15) is 0 Å². The van der Waals surface area contributed by atoms with Gasteiger partial charge in [-0.3, -0.25) is 0 Å². The molecule has 0 aliphatic heterocycles. The van der Waals surface area contributed by atoms with Gasteiger partial charge in [0, 0.05) is 10.2 Å². The fourth-order valence-electron chi connectivity index (χ4n) is 1.68. The Morgan fingerprint density at radius 2 is 1.85 bits per heavy atom. The van der Waals surface area contributed by atoms with Gasteiger partial charge in [-0.15, -0.1) is 0 Å². The predicted molar refractivity (Wildman–Crippen MR) is 81.6 cm³/mol. The van der Waals surface area contributed by atoms with Gasteiger partial charge in [0.2, 0.25) is 11.8 Å². The average Bonchev–Trinajstić information content (AvgIpc) is 2.48. The lowest BCUT2D eigenvalue weighted by Gasteiger charge is -2.12. The van der Waals surface area contributed by atoms with E-state index >= 15 is 0 Å². The highest BCUT2D eigenvalue weighted by molar-refractivity contribution is 9.10. The minimum Gasteiger partial charge on any atom is -0.481 e. The van der Waals surface area contributed by atoms with Crippen LogP contribution in [0, 0.1) is 0 Å². The summed E-state index contributed by atoms with van der Waals surface area (Å²) in [5, 5.41) is 3.87. The molecule has 0 saturated heterocycles. The predicted octanol–water partition coefficient (Wildman–Crippen LogP) is 3.52. The van der Waals surface area contributed by atoms with Crippen LogP contribution in [-0.2, 0) is 6.54 Å². The maximum atomic E-state index is 6.05. The van der Waals surface area contributed by atoms with Crippen molar-refractivity contribution in [3.05, 3.63) is 39.6 Å². The smallest absolute Gasteiger partial charge is 0.225 e. The van der Waals surface area contributed by atoms with Crippen LogP contribution in [0.25, 0.3) is 0 Å². The molecular formula is C13H13BrClN3O2. The first kappa shape index (κ1) is 14.9. The number of aromatic nitrogens is 2. The summed E-state index contributed by atoms with van der Waals surface area (Å²) in [6.07, 6.45) is 1.40. The summed E-state index contributed by atoms with van der Waals surface area (Å²) in [7, 11) is 3.11. The molecule has 7 heteroatoms. The Morgan fingerprint density at radius 3 is 2.40 bits per heavy atom. The van der Waals surface area contributed by atoms with E-state index in [1.165, 1.54) is 6.33 Å². The number of hydrogen-bond donors (Lipinski definition) is 1. The van der Waals surface area contributed by atoms with Crippen LogP contribution in [0.15, 0.2) is 29.0 Å².